The van der Waals surface area contributed by atoms with Gasteiger partial charge in [-0.05, 0) is 43.7 Å². The molecule has 1 atom stereocenters. The number of aromatic hydroxyl groups is 2. The predicted molar refractivity (Wildman–Crippen MR) is 84.0 cm³/mol. The van der Waals surface area contributed by atoms with Crippen molar-refractivity contribution in [1.29, 1.82) is 0 Å². The van der Waals surface area contributed by atoms with Gasteiger partial charge < -0.3 is 20.3 Å². The zero-order valence-corrected chi connectivity index (χ0v) is 12.3. The highest BCUT2D eigenvalue weighted by Gasteiger charge is 2.13. The van der Waals surface area contributed by atoms with Gasteiger partial charge in [-0.25, -0.2) is 0 Å². The molecule has 1 unspecified atom stereocenters. The molecular formula is C17H21NO3. The van der Waals surface area contributed by atoms with Crippen LogP contribution in [-0.4, -0.2) is 16.8 Å². The highest BCUT2D eigenvalue weighted by molar-refractivity contribution is 5.58. The lowest BCUT2D eigenvalue weighted by Gasteiger charge is -2.19. The Morgan fingerprint density at radius 1 is 1.14 bits per heavy atom. The average Bonchev–Trinajstić information content (AvgIpc) is 2.48. The van der Waals surface area contributed by atoms with Gasteiger partial charge in [-0.3, -0.25) is 0 Å². The Bertz CT molecular complexity index is 598. The maximum absolute atomic E-state index is 9.91. The summed E-state index contributed by atoms with van der Waals surface area (Å²) in [5.41, 5.74) is 1.50. The summed E-state index contributed by atoms with van der Waals surface area (Å²) >= 11 is 0. The highest BCUT2D eigenvalue weighted by Crippen LogP contribution is 2.33. The van der Waals surface area contributed by atoms with Crippen LogP contribution in [0.15, 0.2) is 42.5 Å². The summed E-state index contributed by atoms with van der Waals surface area (Å²) in [6.45, 7) is 4.64. The summed E-state index contributed by atoms with van der Waals surface area (Å²) in [6, 6.07) is 12.0. The second kappa shape index (κ2) is 6.88. The first-order valence-electron chi connectivity index (χ1n) is 7.12. The van der Waals surface area contributed by atoms with Gasteiger partial charge in [0, 0.05) is 5.56 Å². The van der Waals surface area contributed by atoms with E-state index in [2.05, 4.69) is 12.2 Å². The Labute approximate surface area is 125 Å². The third-order valence-corrected chi connectivity index (χ3v) is 3.20. The second-order valence-electron chi connectivity index (χ2n) is 4.95. The van der Waals surface area contributed by atoms with Crippen molar-refractivity contribution in [2.45, 2.75) is 26.3 Å². The quantitative estimate of drug-likeness (QED) is 0.701. The topological polar surface area (TPSA) is 61.7 Å². The molecule has 4 heteroatoms. The molecule has 2 aromatic carbocycles. The monoisotopic (exact) mass is 287 g/mol. The van der Waals surface area contributed by atoms with Crippen molar-refractivity contribution in [3.05, 3.63) is 48.0 Å². The Morgan fingerprint density at radius 2 is 1.90 bits per heavy atom. The number of para-hydroxylation sites is 2. The van der Waals surface area contributed by atoms with E-state index in [0.717, 1.165) is 17.9 Å². The summed E-state index contributed by atoms with van der Waals surface area (Å²) in [4.78, 5) is 0. The van der Waals surface area contributed by atoms with Crippen molar-refractivity contribution in [2.24, 2.45) is 0 Å². The first kappa shape index (κ1) is 15.0. The molecule has 0 saturated heterocycles. The number of nitrogens with one attached hydrogen (secondary N) is 1. The number of phenols is 2. The van der Waals surface area contributed by atoms with E-state index in [4.69, 9.17) is 4.74 Å². The van der Waals surface area contributed by atoms with Crippen LogP contribution in [0.4, 0.5) is 5.69 Å². The number of rotatable bonds is 6. The van der Waals surface area contributed by atoms with E-state index in [1.165, 1.54) is 12.1 Å². The highest BCUT2D eigenvalue weighted by atomic mass is 16.5. The van der Waals surface area contributed by atoms with Gasteiger partial charge in [-0.15, -0.1) is 0 Å². The standard InChI is InChI=1S/C17H21NO3/c1-3-10-21-17-7-5-4-6-15(17)18-12(2)14-11-13(19)8-9-16(14)20/h4-9,11-12,18-20H,3,10H2,1-2H3. The summed E-state index contributed by atoms with van der Waals surface area (Å²) in [6.07, 6.45) is 0.942. The molecule has 0 amide bonds. The molecule has 3 N–H and O–H groups in total. The van der Waals surface area contributed by atoms with Gasteiger partial charge in [0.25, 0.3) is 0 Å². The van der Waals surface area contributed by atoms with Crippen molar-refractivity contribution < 1.29 is 14.9 Å². The first-order valence-corrected chi connectivity index (χ1v) is 7.12. The van der Waals surface area contributed by atoms with E-state index in [-0.39, 0.29) is 17.5 Å². The maximum Gasteiger partial charge on any atom is 0.142 e. The molecule has 0 radical (unpaired) electrons. The molecule has 0 heterocycles. The number of ether oxygens (including phenoxy) is 1. The Balaban J connectivity index is 2.19. The molecule has 2 rings (SSSR count). The molecule has 0 saturated carbocycles. The average molecular weight is 287 g/mol. The molecule has 0 aliphatic heterocycles. The lowest BCUT2D eigenvalue weighted by atomic mass is 10.1. The summed E-state index contributed by atoms with van der Waals surface area (Å²) in [7, 11) is 0. The van der Waals surface area contributed by atoms with Crippen LogP contribution < -0.4 is 10.1 Å². The van der Waals surface area contributed by atoms with E-state index in [1.54, 1.807) is 6.07 Å². The molecule has 21 heavy (non-hydrogen) atoms. The molecule has 0 spiro atoms. The van der Waals surface area contributed by atoms with Gasteiger partial charge in [0.05, 0.1) is 18.3 Å². The van der Waals surface area contributed by atoms with E-state index in [1.807, 2.05) is 31.2 Å². The van der Waals surface area contributed by atoms with E-state index in [9.17, 15) is 10.2 Å². The Morgan fingerprint density at radius 3 is 2.67 bits per heavy atom. The first-order chi connectivity index (χ1) is 10.1. The summed E-state index contributed by atoms with van der Waals surface area (Å²) < 4.78 is 5.70. The maximum atomic E-state index is 9.91. The zero-order chi connectivity index (χ0) is 15.2. The van der Waals surface area contributed by atoms with Gasteiger partial charge in [0.15, 0.2) is 0 Å². The predicted octanol–water partition coefficient (Wildman–Crippen LogP) is 4.06. The van der Waals surface area contributed by atoms with Crippen LogP contribution in [0.25, 0.3) is 0 Å². The molecule has 0 aliphatic rings. The summed E-state index contributed by atoms with van der Waals surface area (Å²) in [5.74, 6) is 1.07. The minimum absolute atomic E-state index is 0.131. The minimum atomic E-state index is -0.163. The molecule has 112 valence electrons. The lowest BCUT2D eigenvalue weighted by Crippen LogP contribution is -2.08. The van der Waals surface area contributed by atoms with Crippen molar-refractivity contribution in [3.8, 4) is 17.2 Å². The van der Waals surface area contributed by atoms with Gasteiger partial charge in [0.2, 0.25) is 0 Å². The fourth-order valence-electron chi connectivity index (χ4n) is 2.12. The lowest BCUT2D eigenvalue weighted by molar-refractivity contribution is 0.318. The van der Waals surface area contributed by atoms with Crippen molar-refractivity contribution >= 4 is 5.69 Å². The second-order valence-corrected chi connectivity index (χ2v) is 4.95. The molecular weight excluding hydrogens is 266 g/mol. The third kappa shape index (κ3) is 3.81. The number of benzene rings is 2. The zero-order valence-electron chi connectivity index (χ0n) is 12.3. The van der Waals surface area contributed by atoms with Gasteiger partial charge in [0.1, 0.15) is 17.2 Å². The van der Waals surface area contributed by atoms with Gasteiger partial charge in [-0.1, -0.05) is 19.1 Å². The number of phenolic OH excluding ortho intramolecular Hbond substituents is 2. The van der Waals surface area contributed by atoms with Gasteiger partial charge in [-0.2, -0.15) is 0 Å². The smallest absolute Gasteiger partial charge is 0.142 e. The van der Waals surface area contributed by atoms with Crippen LogP contribution in [0, 0.1) is 0 Å². The van der Waals surface area contributed by atoms with Gasteiger partial charge >= 0.3 is 0 Å². The Kier molecular flexibility index (Phi) is 4.93. The SMILES string of the molecule is CCCOc1ccccc1NC(C)c1cc(O)ccc1O. The molecule has 0 fully saturated rings. The molecule has 0 aliphatic carbocycles. The van der Waals surface area contributed by atoms with Crippen LogP contribution in [0.5, 0.6) is 17.2 Å². The van der Waals surface area contributed by atoms with Crippen LogP contribution >= 0.6 is 0 Å². The minimum Gasteiger partial charge on any atom is -0.508 e. The third-order valence-electron chi connectivity index (χ3n) is 3.20. The molecule has 2 aromatic rings. The van der Waals surface area contributed by atoms with Crippen LogP contribution in [0.1, 0.15) is 31.9 Å². The number of hydrogen-bond donors (Lipinski definition) is 3. The van der Waals surface area contributed by atoms with E-state index in [0.29, 0.717) is 12.2 Å². The fourth-order valence-corrected chi connectivity index (χ4v) is 2.12. The number of anilines is 1. The van der Waals surface area contributed by atoms with Crippen molar-refractivity contribution in [2.75, 3.05) is 11.9 Å². The molecule has 0 aromatic heterocycles. The Hall–Kier alpha value is -2.36. The van der Waals surface area contributed by atoms with E-state index >= 15 is 0 Å². The summed E-state index contributed by atoms with van der Waals surface area (Å²) in [5, 5.41) is 22.8. The largest absolute Gasteiger partial charge is 0.508 e. The van der Waals surface area contributed by atoms with Crippen LogP contribution in [0.2, 0.25) is 0 Å². The molecule has 4 nitrogen and oxygen atoms in total. The molecule has 0 bridgehead atoms. The number of hydrogen-bond acceptors (Lipinski definition) is 4. The fraction of sp³-hybridized carbons (Fsp3) is 0.294. The van der Waals surface area contributed by atoms with Crippen molar-refractivity contribution in [3.63, 3.8) is 0 Å². The van der Waals surface area contributed by atoms with Crippen molar-refractivity contribution in [1.82, 2.24) is 0 Å². The van der Waals surface area contributed by atoms with E-state index < -0.39 is 0 Å². The van der Waals surface area contributed by atoms with Crippen LogP contribution in [0.3, 0.4) is 0 Å². The normalized spacial score (nSPS) is 11.9. The van der Waals surface area contributed by atoms with Crippen LogP contribution in [-0.2, 0) is 0 Å².